The van der Waals surface area contributed by atoms with E-state index in [-0.39, 0.29) is 0 Å². The Bertz CT molecular complexity index is 368. The van der Waals surface area contributed by atoms with Crippen LogP contribution in [0, 0.1) is 0 Å². The zero-order chi connectivity index (χ0) is 12.0. The minimum Gasteiger partial charge on any atom is -0.326 e. The molecule has 0 aromatic heterocycles. The van der Waals surface area contributed by atoms with Gasteiger partial charge in [0.15, 0.2) is 0 Å². The number of rotatable bonds is 6. The van der Waals surface area contributed by atoms with Gasteiger partial charge in [-0.15, -0.1) is 0 Å². The van der Waals surface area contributed by atoms with Crippen molar-refractivity contribution in [2.24, 2.45) is 5.73 Å². The van der Waals surface area contributed by atoms with Gasteiger partial charge in [0.1, 0.15) is 0 Å². The van der Waals surface area contributed by atoms with E-state index in [0.29, 0.717) is 17.3 Å². The molecule has 4 heteroatoms. The van der Waals surface area contributed by atoms with Crippen molar-refractivity contribution in [1.29, 1.82) is 0 Å². The van der Waals surface area contributed by atoms with Gasteiger partial charge in [-0.3, -0.25) is 4.21 Å². The summed E-state index contributed by atoms with van der Waals surface area (Å²) in [7, 11) is -0.805. The van der Waals surface area contributed by atoms with E-state index in [4.69, 9.17) is 17.3 Å². The molecule has 0 aliphatic heterocycles. The Kier molecular flexibility index (Phi) is 6.03. The lowest BCUT2D eigenvalue weighted by molar-refractivity contribution is 0.679. The van der Waals surface area contributed by atoms with Gasteiger partial charge in [-0.1, -0.05) is 37.1 Å². The molecule has 1 rings (SSSR count). The average Bonchev–Trinajstić information content (AvgIpc) is 2.29. The molecule has 0 fully saturated rings. The highest BCUT2D eigenvalue weighted by Crippen LogP contribution is 2.19. The minimum absolute atomic E-state index is 0.485. The maximum Gasteiger partial charge on any atom is 0.0500 e. The molecule has 0 amide bonds. The molecule has 1 aromatic rings. The van der Waals surface area contributed by atoms with Crippen molar-refractivity contribution in [2.75, 3.05) is 5.75 Å². The van der Waals surface area contributed by atoms with E-state index < -0.39 is 10.8 Å². The molecule has 2 N–H and O–H groups in total. The highest BCUT2D eigenvalue weighted by molar-refractivity contribution is 7.84. The summed E-state index contributed by atoms with van der Waals surface area (Å²) in [6.07, 6.45) is 2.08. The fourth-order valence-corrected chi connectivity index (χ4v) is 3.09. The number of halogens is 1. The summed E-state index contributed by atoms with van der Waals surface area (Å²) in [4.78, 5) is 0. The Hall–Kier alpha value is -0.380. The first-order valence-corrected chi connectivity index (χ1v) is 7.36. The Balaban J connectivity index is 2.63. The summed E-state index contributed by atoms with van der Waals surface area (Å²) >= 11 is 6.10. The van der Waals surface area contributed by atoms with Gasteiger partial charge >= 0.3 is 0 Å². The fraction of sp³-hybridized carbons (Fsp3) is 0.500. The van der Waals surface area contributed by atoms with Crippen LogP contribution in [0.25, 0.3) is 0 Å². The summed E-state index contributed by atoms with van der Waals surface area (Å²) in [5.41, 5.74) is 7.48. The van der Waals surface area contributed by atoms with Gasteiger partial charge in [0.25, 0.3) is 0 Å². The molecule has 90 valence electrons. The van der Waals surface area contributed by atoms with Crippen LogP contribution < -0.4 is 5.73 Å². The number of benzene rings is 1. The lowest BCUT2D eigenvalue weighted by Gasteiger charge is -2.06. The van der Waals surface area contributed by atoms with E-state index in [1.807, 2.05) is 18.2 Å². The third-order valence-electron chi connectivity index (χ3n) is 2.40. The highest BCUT2D eigenvalue weighted by atomic mass is 35.5. The molecule has 0 saturated heterocycles. The maximum absolute atomic E-state index is 11.7. The third kappa shape index (κ3) is 4.24. The molecule has 16 heavy (non-hydrogen) atoms. The van der Waals surface area contributed by atoms with Gasteiger partial charge in [0.2, 0.25) is 0 Å². The molecule has 0 spiro atoms. The predicted molar refractivity (Wildman–Crippen MR) is 71.0 cm³/mol. The van der Waals surface area contributed by atoms with Gasteiger partial charge in [-0.25, -0.2) is 0 Å². The van der Waals surface area contributed by atoms with Crippen LogP contribution in [0.2, 0.25) is 5.02 Å². The minimum atomic E-state index is -0.805. The SMILES string of the molecule is CCCCS(=O)Cc1ccc(CN)cc1Cl. The molecule has 0 radical (unpaired) electrons. The first-order chi connectivity index (χ1) is 7.67. The molecule has 0 aliphatic carbocycles. The largest absolute Gasteiger partial charge is 0.326 e. The Morgan fingerprint density at radius 3 is 2.75 bits per heavy atom. The first kappa shape index (κ1) is 13.7. The van der Waals surface area contributed by atoms with Crippen molar-refractivity contribution in [3.63, 3.8) is 0 Å². The number of nitrogens with two attached hydrogens (primary N) is 1. The third-order valence-corrected chi connectivity index (χ3v) is 4.12. The van der Waals surface area contributed by atoms with Crippen molar-refractivity contribution in [2.45, 2.75) is 32.1 Å². The van der Waals surface area contributed by atoms with Crippen molar-refractivity contribution < 1.29 is 4.21 Å². The zero-order valence-electron chi connectivity index (χ0n) is 9.54. The van der Waals surface area contributed by atoms with Gasteiger partial charge in [-0.05, 0) is 23.6 Å². The normalized spacial score (nSPS) is 12.7. The van der Waals surface area contributed by atoms with Crippen molar-refractivity contribution >= 4 is 22.4 Å². The van der Waals surface area contributed by atoms with Crippen molar-refractivity contribution in [3.05, 3.63) is 34.3 Å². The van der Waals surface area contributed by atoms with Gasteiger partial charge in [-0.2, -0.15) is 0 Å². The molecule has 0 bridgehead atoms. The van der Waals surface area contributed by atoms with Gasteiger partial charge in [0, 0.05) is 33.9 Å². The summed E-state index contributed by atoms with van der Waals surface area (Å²) in [6, 6.07) is 5.72. The van der Waals surface area contributed by atoms with Crippen LogP contribution in [-0.2, 0) is 23.1 Å². The van der Waals surface area contributed by atoms with Crippen molar-refractivity contribution in [3.8, 4) is 0 Å². The summed E-state index contributed by atoms with van der Waals surface area (Å²) in [6.45, 7) is 2.58. The molecule has 1 aromatic carbocycles. The number of hydrogen-bond donors (Lipinski definition) is 1. The second-order valence-electron chi connectivity index (χ2n) is 3.77. The lowest BCUT2D eigenvalue weighted by atomic mass is 10.1. The molecule has 0 saturated carbocycles. The standard InChI is InChI=1S/C12H18ClNOS/c1-2-3-6-16(15)9-11-5-4-10(8-14)7-12(11)13/h4-5,7H,2-3,6,8-9,14H2,1H3. The van der Waals surface area contributed by atoms with Crippen LogP contribution in [0.5, 0.6) is 0 Å². The van der Waals surface area contributed by atoms with Gasteiger partial charge < -0.3 is 5.73 Å². The van der Waals surface area contributed by atoms with Crippen LogP contribution >= 0.6 is 11.6 Å². The number of hydrogen-bond acceptors (Lipinski definition) is 2. The molecule has 0 heterocycles. The van der Waals surface area contributed by atoms with E-state index in [1.54, 1.807) is 0 Å². The van der Waals surface area contributed by atoms with E-state index in [2.05, 4.69) is 6.92 Å². The zero-order valence-corrected chi connectivity index (χ0v) is 11.1. The maximum atomic E-state index is 11.7. The molecular formula is C12H18ClNOS. The fourth-order valence-electron chi connectivity index (χ4n) is 1.39. The lowest BCUT2D eigenvalue weighted by Crippen LogP contribution is -2.02. The van der Waals surface area contributed by atoms with Gasteiger partial charge in [0.05, 0.1) is 0 Å². The van der Waals surface area contributed by atoms with Crippen LogP contribution in [0.4, 0.5) is 0 Å². The second-order valence-corrected chi connectivity index (χ2v) is 5.76. The Labute approximate surface area is 105 Å². The summed E-state index contributed by atoms with van der Waals surface area (Å²) in [5, 5.41) is 0.674. The molecule has 2 nitrogen and oxygen atoms in total. The van der Waals surface area contributed by atoms with E-state index in [1.165, 1.54) is 0 Å². The summed E-state index contributed by atoms with van der Waals surface area (Å²) < 4.78 is 11.7. The molecular weight excluding hydrogens is 242 g/mol. The van der Waals surface area contributed by atoms with Crippen LogP contribution in [0.15, 0.2) is 18.2 Å². The van der Waals surface area contributed by atoms with E-state index in [9.17, 15) is 4.21 Å². The predicted octanol–water partition coefficient (Wildman–Crippen LogP) is 2.85. The van der Waals surface area contributed by atoms with E-state index >= 15 is 0 Å². The first-order valence-electron chi connectivity index (χ1n) is 5.49. The molecule has 1 unspecified atom stereocenters. The molecule has 0 aliphatic rings. The topological polar surface area (TPSA) is 43.1 Å². The van der Waals surface area contributed by atoms with E-state index in [0.717, 1.165) is 29.7 Å². The monoisotopic (exact) mass is 259 g/mol. The quantitative estimate of drug-likeness (QED) is 0.854. The number of unbranched alkanes of at least 4 members (excludes halogenated alkanes) is 1. The van der Waals surface area contributed by atoms with Crippen LogP contribution in [0.3, 0.4) is 0 Å². The average molecular weight is 260 g/mol. The van der Waals surface area contributed by atoms with Crippen LogP contribution in [-0.4, -0.2) is 9.96 Å². The Morgan fingerprint density at radius 2 is 2.19 bits per heavy atom. The summed E-state index contributed by atoms with van der Waals surface area (Å²) in [5.74, 6) is 1.30. The second kappa shape index (κ2) is 7.05. The van der Waals surface area contributed by atoms with Crippen molar-refractivity contribution in [1.82, 2.24) is 0 Å². The van der Waals surface area contributed by atoms with Crippen LogP contribution in [0.1, 0.15) is 30.9 Å². The smallest absolute Gasteiger partial charge is 0.0500 e. The molecule has 1 atom stereocenters. The Morgan fingerprint density at radius 1 is 1.44 bits per heavy atom. The highest BCUT2D eigenvalue weighted by Gasteiger charge is 2.06.